The Kier molecular flexibility index (Phi) is 5.29. The molecule has 4 rings (SSSR count). The number of likely N-dealkylation sites (tertiary alicyclic amines) is 1. The van der Waals surface area contributed by atoms with E-state index in [4.69, 9.17) is 10.00 Å². The average molecular weight is 379 g/mol. The molecule has 1 aromatic carbocycles. The van der Waals surface area contributed by atoms with Crippen molar-refractivity contribution in [3.05, 3.63) is 41.5 Å². The van der Waals surface area contributed by atoms with Gasteiger partial charge in [0.05, 0.1) is 17.7 Å². The zero-order chi connectivity index (χ0) is 19.5. The second-order valence-electron chi connectivity index (χ2n) is 7.52. The van der Waals surface area contributed by atoms with Gasteiger partial charge in [-0.25, -0.2) is 0 Å². The van der Waals surface area contributed by atoms with Gasteiger partial charge in [-0.05, 0) is 56.9 Å². The molecule has 2 atom stereocenters. The van der Waals surface area contributed by atoms with Gasteiger partial charge in [0.2, 0.25) is 0 Å². The molecule has 3 heterocycles. The highest BCUT2D eigenvalue weighted by atomic mass is 16.5. The molecule has 2 aromatic rings. The second-order valence-corrected chi connectivity index (χ2v) is 7.52. The fourth-order valence-electron chi connectivity index (χ4n) is 4.15. The van der Waals surface area contributed by atoms with Crippen molar-refractivity contribution in [1.29, 1.82) is 5.26 Å². The standard InChI is InChI=1S/C21H25N5O2/c1-15(28-17-10-8-16(14-22)9-11-17)21(27)25-13-5-6-18(25)20-24-23-19-7-3-2-4-12-26(19)20/h8-11,15,18H,2-7,12-13H2,1H3. The van der Waals surface area contributed by atoms with Gasteiger partial charge in [-0.3, -0.25) is 4.79 Å². The minimum Gasteiger partial charge on any atom is -0.481 e. The monoisotopic (exact) mass is 379 g/mol. The number of nitriles is 1. The van der Waals surface area contributed by atoms with E-state index >= 15 is 0 Å². The van der Waals surface area contributed by atoms with Crippen molar-refractivity contribution in [3.63, 3.8) is 0 Å². The SMILES string of the molecule is CC(Oc1ccc(C#N)cc1)C(=O)N1CCCC1c1nnc2n1CCCCC2. The lowest BCUT2D eigenvalue weighted by molar-refractivity contribution is -0.139. The molecule has 7 nitrogen and oxygen atoms in total. The number of hydrogen-bond donors (Lipinski definition) is 0. The Morgan fingerprint density at radius 3 is 2.79 bits per heavy atom. The van der Waals surface area contributed by atoms with Crippen LogP contribution in [0, 0.1) is 11.3 Å². The Morgan fingerprint density at radius 2 is 2.00 bits per heavy atom. The van der Waals surface area contributed by atoms with Crippen molar-refractivity contribution in [3.8, 4) is 11.8 Å². The summed E-state index contributed by atoms with van der Waals surface area (Å²) in [4.78, 5) is 15.0. The first-order chi connectivity index (χ1) is 13.7. The van der Waals surface area contributed by atoms with E-state index in [0.29, 0.717) is 17.9 Å². The van der Waals surface area contributed by atoms with Gasteiger partial charge in [-0.15, -0.1) is 10.2 Å². The van der Waals surface area contributed by atoms with E-state index in [1.807, 2.05) is 4.90 Å². The third-order valence-electron chi connectivity index (χ3n) is 5.62. The lowest BCUT2D eigenvalue weighted by Gasteiger charge is -2.27. The Balaban J connectivity index is 1.49. The molecule has 2 unspecified atom stereocenters. The predicted octanol–water partition coefficient (Wildman–Crippen LogP) is 3.01. The molecule has 0 saturated carbocycles. The Hall–Kier alpha value is -2.88. The van der Waals surface area contributed by atoms with E-state index in [9.17, 15) is 4.79 Å². The highest BCUT2D eigenvalue weighted by Gasteiger charge is 2.36. The maximum absolute atomic E-state index is 13.1. The van der Waals surface area contributed by atoms with Crippen LogP contribution in [0.5, 0.6) is 5.75 Å². The Morgan fingerprint density at radius 1 is 1.18 bits per heavy atom. The fraction of sp³-hybridized carbons (Fsp3) is 0.524. The van der Waals surface area contributed by atoms with Crippen LogP contribution in [0.15, 0.2) is 24.3 Å². The van der Waals surface area contributed by atoms with Crippen molar-refractivity contribution < 1.29 is 9.53 Å². The van der Waals surface area contributed by atoms with E-state index in [0.717, 1.165) is 50.3 Å². The van der Waals surface area contributed by atoms with Gasteiger partial charge in [0, 0.05) is 19.5 Å². The second kappa shape index (κ2) is 8.01. The summed E-state index contributed by atoms with van der Waals surface area (Å²) in [5, 5.41) is 17.8. The van der Waals surface area contributed by atoms with Crippen LogP contribution in [0.2, 0.25) is 0 Å². The van der Waals surface area contributed by atoms with E-state index in [-0.39, 0.29) is 11.9 Å². The van der Waals surface area contributed by atoms with Crippen molar-refractivity contribution in [2.75, 3.05) is 6.54 Å². The summed E-state index contributed by atoms with van der Waals surface area (Å²) >= 11 is 0. The molecular formula is C21H25N5O2. The number of nitrogens with zero attached hydrogens (tertiary/aromatic N) is 5. The number of rotatable bonds is 4. The number of aryl methyl sites for hydroxylation is 1. The molecule has 0 N–H and O–H groups in total. The largest absolute Gasteiger partial charge is 0.481 e. The molecule has 0 spiro atoms. The molecule has 0 aliphatic carbocycles. The van der Waals surface area contributed by atoms with Gasteiger partial charge >= 0.3 is 0 Å². The van der Waals surface area contributed by atoms with E-state index in [1.165, 1.54) is 6.42 Å². The van der Waals surface area contributed by atoms with E-state index < -0.39 is 6.10 Å². The zero-order valence-electron chi connectivity index (χ0n) is 16.2. The van der Waals surface area contributed by atoms with Gasteiger partial charge in [0.15, 0.2) is 11.9 Å². The first-order valence-electron chi connectivity index (χ1n) is 10.1. The first-order valence-corrected chi connectivity index (χ1v) is 10.1. The smallest absolute Gasteiger partial charge is 0.263 e. The molecule has 0 radical (unpaired) electrons. The Labute approximate surface area is 164 Å². The van der Waals surface area contributed by atoms with Crippen molar-refractivity contribution in [1.82, 2.24) is 19.7 Å². The summed E-state index contributed by atoms with van der Waals surface area (Å²) in [6.07, 6.45) is 5.74. The minimum atomic E-state index is -0.597. The molecule has 1 fully saturated rings. The van der Waals surface area contributed by atoms with Crippen molar-refractivity contribution in [2.24, 2.45) is 0 Å². The number of hydrogen-bond acceptors (Lipinski definition) is 5. The van der Waals surface area contributed by atoms with Crippen LogP contribution in [-0.4, -0.2) is 38.2 Å². The maximum Gasteiger partial charge on any atom is 0.263 e. The molecule has 1 amide bonds. The quantitative estimate of drug-likeness (QED) is 0.815. The van der Waals surface area contributed by atoms with Crippen LogP contribution in [0.4, 0.5) is 0 Å². The summed E-state index contributed by atoms with van der Waals surface area (Å²) in [6.45, 7) is 3.43. The van der Waals surface area contributed by atoms with Crippen LogP contribution >= 0.6 is 0 Å². The lowest BCUT2D eigenvalue weighted by atomic mass is 10.2. The molecule has 2 aliphatic rings. The molecule has 7 heteroatoms. The van der Waals surface area contributed by atoms with Gasteiger partial charge in [-0.2, -0.15) is 5.26 Å². The number of carbonyl (C=O) groups excluding carboxylic acids is 1. The summed E-state index contributed by atoms with van der Waals surface area (Å²) < 4.78 is 8.07. The number of amides is 1. The van der Waals surface area contributed by atoms with Gasteiger partial charge in [0.25, 0.3) is 5.91 Å². The highest BCUT2D eigenvalue weighted by molar-refractivity contribution is 5.81. The topological polar surface area (TPSA) is 84.0 Å². The molecule has 1 saturated heterocycles. The van der Waals surface area contributed by atoms with Crippen molar-refractivity contribution in [2.45, 2.75) is 64.1 Å². The average Bonchev–Trinajstić information content (AvgIpc) is 3.28. The summed E-state index contributed by atoms with van der Waals surface area (Å²) in [5.74, 6) is 2.53. The molecule has 146 valence electrons. The van der Waals surface area contributed by atoms with Crippen LogP contribution < -0.4 is 4.74 Å². The Bertz CT molecular complexity index is 883. The van der Waals surface area contributed by atoms with Crippen LogP contribution in [0.3, 0.4) is 0 Å². The third kappa shape index (κ3) is 3.59. The van der Waals surface area contributed by atoms with Crippen molar-refractivity contribution >= 4 is 5.91 Å². The van der Waals surface area contributed by atoms with Crippen LogP contribution in [-0.2, 0) is 17.8 Å². The molecule has 0 bridgehead atoms. The molecular weight excluding hydrogens is 354 g/mol. The van der Waals surface area contributed by atoms with E-state index in [2.05, 4.69) is 20.8 Å². The number of benzene rings is 1. The number of ether oxygens (including phenoxy) is 1. The molecule has 2 aliphatic heterocycles. The predicted molar refractivity (Wildman–Crippen MR) is 103 cm³/mol. The molecule has 1 aromatic heterocycles. The lowest BCUT2D eigenvalue weighted by Crippen LogP contribution is -2.40. The number of fused-ring (bicyclic) bond motifs is 1. The van der Waals surface area contributed by atoms with Gasteiger partial charge in [-0.1, -0.05) is 6.42 Å². The maximum atomic E-state index is 13.1. The number of carbonyl (C=O) groups is 1. The van der Waals surface area contributed by atoms with E-state index in [1.54, 1.807) is 31.2 Å². The fourth-order valence-corrected chi connectivity index (χ4v) is 4.15. The van der Waals surface area contributed by atoms with Gasteiger partial charge < -0.3 is 14.2 Å². The third-order valence-corrected chi connectivity index (χ3v) is 5.62. The summed E-state index contributed by atoms with van der Waals surface area (Å²) in [6, 6.07) is 8.88. The molecule has 28 heavy (non-hydrogen) atoms. The summed E-state index contributed by atoms with van der Waals surface area (Å²) in [7, 11) is 0. The minimum absolute atomic E-state index is 0.0288. The first kappa shape index (κ1) is 18.5. The summed E-state index contributed by atoms with van der Waals surface area (Å²) in [5.41, 5.74) is 0.568. The van der Waals surface area contributed by atoms with Crippen LogP contribution in [0.1, 0.15) is 62.3 Å². The zero-order valence-corrected chi connectivity index (χ0v) is 16.2. The van der Waals surface area contributed by atoms with Crippen LogP contribution in [0.25, 0.3) is 0 Å². The van der Waals surface area contributed by atoms with Gasteiger partial charge in [0.1, 0.15) is 11.6 Å². The normalized spacial score (nSPS) is 20.1. The number of aromatic nitrogens is 3. The highest BCUT2D eigenvalue weighted by Crippen LogP contribution is 2.33.